The van der Waals surface area contributed by atoms with Crippen LogP contribution in [0.5, 0.6) is 5.75 Å². The van der Waals surface area contributed by atoms with E-state index in [1.807, 2.05) is 18.2 Å². The van der Waals surface area contributed by atoms with Crippen LogP contribution in [0.15, 0.2) is 36.5 Å². The van der Waals surface area contributed by atoms with Gasteiger partial charge < -0.3 is 10.1 Å². The van der Waals surface area contributed by atoms with Gasteiger partial charge in [-0.05, 0) is 19.1 Å². The molecule has 6 heteroatoms. The van der Waals surface area contributed by atoms with Crippen LogP contribution in [0.2, 0.25) is 0 Å². The number of hydrogen-bond acceptors (Lipinski definition) is 4. The Morgan fingerprint density at radius 2 is 2.22 bits per heavy atom. The van der Waals surface area contributed by atoms with E-state index >= 15 is 0 Å². The molecule has 1 aliphatic heterocycles. The summed E-state index contributed by atoms with van der Waals surface area (Å²) in [6.07, 6.45) is 1.76. The van der Waals surface area contributed by atoms with Crippen molar-refractivity contribution in [1.82, 2.24) is 20.0 Å². The van der Waals surface area contributed by atoms with Gasteiger partial charge in [0.15, 0.2) is 0 Å². The molecule has 122 valence electrons. The number of hydrogen-bond donors (Lipinski definition) is 1. The number of ether oxygens (including phenoxy) is 1. The molecule has 1 atom stereocenters. The molecule has 0 unspecified atom stereocenters. The normalized spacial score (nSPS) is 17.9. The van der Waals surface area contributed by atoms with Crippen LogP contribution in [0.3, 0.4) is 0 Å². The summed E-state index contributed by atoms with van der Waals surface area (Å²) < 4.78 is 7.53. The standard InChI is InChI=1S/C17H22N4O2/c1-13-11-21(12-14-5-3-4-6-16(14)23-13)10-9-18-17(22)15-7-8-19-20(15)2/h3-8,13H,9-12H2,1-2H3,(H,18,22)/t13-/m1/s1. The summed E-state index contributed by atoms with van der Waals surface area (Å²) in [6.45, 7) is 5.13. The number of para-hydroxylation sites is 1. The van der Waals surface area contributed by atoms with E-state index in [0.717, 1.165) is 25.4 Å². The zero-order valence-corrected chi connectivity index (χ0v) is 13.5. The first kappa shape index (κ1) is 15.6. The highest BCUT2D eigenvalue weighted by atomic mass is 16.5. The Morgan fingerprint density at radius 1 is 1.39 bits per heavy atom. The second-order valence-electron chi connectivity index (χ2n) is 5.87. The van der Waals surface area contributed by atoms with Gasteiger partial charge in [0.25, 0.3) is 5.91 Å². The Balaban J connectivity index is 1.56. The van der Waals surface area contributed by atoms with Crippen LogP contribution < -0.4 is 10.1 Å². The SMILES string of the molecule is C[C@@H]1CN(CCNC(=O)c2ccnn2C)Cc2ccccc2O1. The van der Waals surface area contributed by atoms with Gasteiger partial charge in [-0.25, -0.2) is 0 Å². The minimum atomic E-state index is -0.0930. The first-order chi connectivity index (χ1) is 11.1. The van der Waals surface area contributed by atoms with Gasteiger partial charge in [-0.1, -0.05) is 18.2 Å². The maximum atomic E-state index is 12.1. The average Bonchev–Trinajstić information content (AvgIpc) is 2.87. The highest BCUT2D eigenvalue weighted by Gasteiger charge is 2.19. The molecule has 0 radical (unpaired) electrons. The number of rotatable bonds is 4. The fourth-order valence-corrected chi connectivity index (χ4v) is 2.86. The van der Waals surface area contributed by atoms with Crippen LogP contribution in [0.1, 0.15) is 23.0 Å². The molecule has 1 aromatic heterocycles. The lowest BCUT2D eigenvalue weighted by Crippen LogP contribution is -2.38. The number of nitrogens with zero attached hydrogens (tertiary/aromatic N) is 3. The molecule has 1 N–H and O–H groups in total. The Morgan fingerprint density at radius 3 is 3.00 bits per heavy atom. The molecular weight excluding hydrogens is 292 g/mol. The van der Waals surface area contributed by atoms with E-state index in [2.05, 4.69) is 28.3 Å². The number of benzene rings is 1. The molecule has 0 fully saturated rings. The summed E-state index contributed by atoms with van der Waals surface area (Å²) in [6, 6.07) is 9.84. The van der Waals surface area contributed by atoms with E-state index in [-0.39, 0.29) is 12.0 Å². The fourth-order valence-electron chi connectivity index (χ4n) is 2.86. The van der Waals surface area contributed by atoms with Crippen molar-refractivity contribution in [2.75, 3.05) is 19.6 Å². The van der Waals surface area contributed by atoms with Gasteiger partial charge in [-0.15, -0.1) is 0 Å². The molecule has 0 saturated carbocycles. The van der Waals surface area contributed by atoms with Crippen LogP contribution in [-0.4, -0.2) is 46.3 Å². The van der Waals surface area contributed by atoms with E-state index in [1.165, 1.54) is 5.56 Å². The smallest absolute Gasteiger partial charge is 0.269 e. The largest absolute Gasteiger partial charge is 0.489 e. The van der Waals surface area contributed by atoms with Crippen molar-refractivity contribution in [2.45, 2.75) is 19.6 Å². The third kappa shape index (κ3) is 3.71. The maximum absolute atomic E-state index is 12.1. The summed E-state index contributed by atoms with van der Waals surface area (Å²) in [5.74, 6) is 0.867. The molecule has 23 heavy (non-hydrogen) atoms. The molecule has 6 nitrogen and oxygen atoms in total. The second-order valence-corrected chi connectivity index (χ2v) is 5.87. The lowest BCUT2D eigenvalue weighted by Gasteiger charge is -2.21. The molecular formula is C17H22N4O2. The monoisotopic (exact) mass is 314 g/mol. The fraction of sp³-hybridized carbons (Fsp3) is 0.412. The molecule has 0 bridgehead atoms. The van der Waals surface area contributed by atoms with Gasteiger partial charge in [0.1, 0.15) is 17.5 Å². The second kappa shape index (κ2) is 6.83. The van der Waals surface area contributed by atoms with Crippen LogP contribution in [0, 0.1) is 0 Å². The molecule has 0 saturated heterocycles. The van der Waals surface area contributed by atoms with Crippen molar-refractivity contribution in [3.05, 3.63) is 47.8 Å². The van der Waals surface area contributed by atoms with E-state index in [1.54, 1.807) is 24.0 Å². The number of aryl methyl sites for hydroxylation is 1. The molecule has 3 rings (SSSR count). The first-order valence-electron chi connectivity index (χ1n) is 7.86. The summed E-state index contributed by atoms with van der Waals surface area (Å²) in [5, 5.41) is 6.96. The van der Waals surface area contributed by atoms with E-state index in [4.69, 9.17) is 4.74 Å². The minimum absolute atomic E-state index is 0.0930. The predicted octanol–water partition coefficient (Wildman–Crippen LogP) is 1.43. The van der Waals surface area contributed by atoms with Crippen LogP contribution >= 0.6 is 0 Å². The highest BCUT2D eigenvalue weighted by Crippen LogP contribution is 2.24. The molecule has 0 spiro atoms. The molecule has 1 aliphatic rings. The van der Waals surface area contributed by atoms with Crippen molar-refractivity contribution >= 4 is 5.91 Å². The van der Waals surface area contributed by atoms with Crippen molar-refractivity contribution in [3.63, 3.8) is 0 Å². The minimum Gasteiger partial charge on any atom is -0.489 e. The van der Waals surface area contributed by atoms with Crippen LogP contribution in [-0.2, 0) is 13.6 Å². The molecule has 1 amide bonds. The van der Waals surface area contributed by atoms with Gasteiger partial charge in [0.2, 0.25) is 0 Å². The topological polar surface area (TPSA) is 59.4 Å². The first-order valence-corrected chi connectivity index (χ1v) is 7.86. The average molecular weight is 314 g/mol. The zero-order valence-electron chi connectivity index (χ0n) is 13.5. The number of carbonyl (C=O) groups is 1. The summed E-state index contributed by atoms with van der Waals surface area (Å²) >= 11 is 0. The quantitative estimate of drug-likeness (QED) is 0.927. The lowest BCUT2D eigenvalue weighted by atomic mass is 10.2. The van der Waals surface area contributed by atoms with Gasteiger partial charge in [-0.2, -0.15) is 5.10 Å². The van der Waals surface area contributed by atoms with E-state index < -0.39 is 0 Å². The molecule has 2 aromatic rings. The Kier molecular flexibility index (Phi) is 4.62. The van der Waals surface area contributed by atoms with E-state index in [0.29, 0.717) is 12.2 Å². The van der Waals surface area contributed by atoms with Crippen molar-refractivity contribution in [1.29, 1.82) is 0 Å². The Hall–Kier alpha value is -2.34. The number of aromatic nitrogens is 2. The summed E-state index contributed by atoms with van der Waals surface area (Å²) in [7, 11) is 1.76. The highest BCUT2D eigenvalue weighted by molar-refractivity contribution is 5.92. The summed E-state index contributed by atoms with van der Waals surface area (Å²) in [4.78, 5) is 14.4. The maximum Gasteiger partial charge on any atom is 0.269 e. The van der Waals surface area contributed by atoms with E-state index in [9.17, 15) is 4.79 Å². The Bertz CT molecular complexity index is 683. The molecule has 1 aromatic carbocycles. The van der Waals surface area contributed by atoms with Crippen LogP contribution in [0.4, 0.5) is 0 Å². The van der Waals surface area contributed by atoms with Gasteiger partial charge in [0.05, 0.1) is 0 Å². The van der Waals surface area contributed by atoms with Gasteiger partial charge in [0, 0.05) is 45.0 Å². The predicted molar refractivity (Wildman–Crippen MR) is 87.4 cm³/mol. The number of fused-ring (bicyclic) bond motifs is 1. The molecule has 2 heterocycles. The third-order valence-electron chi connectivity index (χ3n) is 3.98. The number of nitrogens with one attached hydrogen (secondary N) is 1. The van der Waals surface area contributed by atoms with Gasteiger partial charge >= 0.3 is 0 Å². The number of amides is 1. The Labute approximate surface area is 136 Å². The van der Waals surface area contributed by atoms with Crippen molar-refractivity contribution in [3.8, 4) is 5.75 Å². The van der Waals surface area contributed by atoms with Crippen LogP contribution in [0.25, 0.3) is 0 Å². The van der Waals surface area contributed by atoms with Crippen molar-refractivity contribution < 1.29 is 9.53 Å². The number of carbonyl (C=O) groups excluding carboxylic acids is 1. The third-order valence-corrected chi connectivity index (χ3v) is 3.98. The molecule has 0 aliphatic carbocycles. The zero-order chi connectivity index (χ0) is 16.2. The van der Waals surface area contributed by atoms with Crippen molar-refractivity contribution in [2.24, 2.45) is 7.05 Å². The van der Waals surface area contributed by atoms with Gasteiger partial charge in [-0.3, -0.25) is 14.4 Å². The summed E-state index contributed by atoms with van der Waals surface area (Å²) in [5.41, 5.74) is 1.76. The lowest BCUT2D eigenvalue weighted by molar-refractivity contribution is 0.0935.